The molecule has 0 bridgehead atoms. The molecule has 1 aromatic carbocycles. The van der Waals surface area contributed by atoms with Gasteiger partial charge < -0.3 is 24.3 Å². The highest BCUT2D eigenvalue weighted by atomic mass is 16.8. The first kappa shape index (κ1) is 20.1. The van der Waals surface area contributed by atoms with Crippen LogP contribution in [0.15, 0.2) is 30.3 Å². The van der Waals surface area contributed by atoms with E-state index in [0.717, 1.165) is 5.56 Å². The fraction of sp³-hybridized carbons (Fsp3) is 0.667. The predicted molar refractivity (Wildman–Crippen MR) is 101 cm³/mol. The lowest BCUT2D eigenvalue weighted by molar-refractivity contribution is -0.175. The molecule has 0 unspecified atom stereocenters. The molecular formula is C21H31NO5. The van der Waals surface area contributed by atoms with Crippen molar-refractivity contribution in [2.45, 2.75) is 83.9 Å². The summed E-state index contributed by atoms with van der Waals surface area (Å²) in [6.45, 7) is 11.8. The third-order valence-electron chi connectivity index (χ3n) is 4.89. The molecule has 6 heteroatoms. The molecule has 2 aliphatic rings. The van der Waals surface area contributed by atoms with Crippen molar-refractivity contribution in [3.8, 4) is 0 Å². The molecule has 1 heterocycles. The minimum Gasteiger partial charge on any atom is -0.444 e. The van der Waals surface area contributed by atoms with Crippen molar-refractivity contribution in [1.29, 1.82) is 0 Å². The Morgan fingerprint density at radius 3 is 2.41 bits per heavy atom. The van der Waals surface area contributed by atoms with E-state index in [1.54, 1.807) is 0 Å². The van der Waals surface area contributed by atoms with E-state index in [0.29, 0.717) is 6.61 Å². The molecule has 150 valence electrons. The lowest BCUT2D eigenvalue weighted by atomic mass is 10.0. The Hall–Kier alpha value is -1.63. The summed E-state index contributed by atoms with van der Waals surface area (Å²) in [5.74, 6) is -0.625. The zero-order valence-corrected chi connectivity index (χ0v) is 17.0. The molecule has 27 heavy (non-hydrogen) atoms. The number of hydrogen-bond donors (Lipinski definition) is 1. The Bertz CT molecular complexity index is 654. The number of carbonyl (C=O) groups is 1. The highest BCUT2D eigenvalue weighted by molar-refractivity contribution is 5.68. The lowest BCUT2D eigenvalue weighted by Gasteiger charge is -2.30. The van der Waals surface area contributed by atoms with E-state index in [-0.39, 0.29) is 30.3 Å². The minimum absolute atomic E-state index is 0.0325. The van der Waals surface area contributed by atoms with Gasteiger partial charge in [-0.1, -0.05) is 37.3 Å². The molecule has 5 atom stereocenters. The predicted octanol–water partition coefficient (Wildman–Crippen LogP) is 3.63. The third kappa shape index (κ3) is 4.81. The molecule has 1 aromatic rings. The van der Waals surface area contributed by atoms with Crippen LogP contribution in [0.5, 0.6) is 0 Å². The number of benzene rings is 1. The van der Waals surface area contributed by atoms with E-state index in [1.807, 2.05) is 65.0 Å². The second kappa shape index (κ2) is 7.41. The number of hydrogen-bond acceptors (Lipinski definition) is 5. The van der Waals surface area contributed by atoms with Crippen molar-refractivity contribution in [1.82, 2.24) is 5.32 Å². The van der Waals surface area contributed by atoms with Gasteiger partial charge in [0.1, 0.15) is 17.8 Å². The molecule has 1 saturated carbocycles. The Labute approximate surface area is 161 Å². The minimum atomic E-state index is -0.658. The lowest BCUT2D eigenvalue weighted by Crippen LogP contribution is -2.49. The number of rotatable bonds is 4. The largest absolute Gasteiger partial charge is 0.444 e. The van der Waals surface area contributed by atoms with Gasteiger partial charge in [-0.25, -0.2) is 4.79 Å². The van der Waals surface area contributed by atoms with Crippen molar-refractivity contribution in [3.63, 3.8) is 0 Å². The van der Waals surface area contributed by atoms with E-state index >= 15 is 0 Å². The highest BCUT2D eigenvalue weighted by Crippen LogP contribution is 2.43. The molecule has 1 aliphatic heterocycles. The second-order valence-corrected chi connectivity index (χ2v) is 8.86. The van der Waals surface area contributed by atoms with E-state index in [9.17, 15) is 4.79 Å². The van der Waals surface area contributed by atoms with Crippen molar-refractivity contribution < 1.29 is 23.7 Å². The third-order valence-corrected chi connectivity index (χ3v) is 4.89. The van der Waals surface area contributed by atoms with Crippen molar-refractivity contribution in [2.75, 3.05) is 0 Å². The first-order valence-electron chi connectivity index (χ1n) is 9.56. The SMILES string of the molecule is C[C@@H]1[C@H](NC(=O)OC(C)(C)C)[C@@H](OCc2ccccc2)[C@@H]2OC(C)(C)O[C@H]12. The Morgan fingerprint density at radius 1 is 1.15 bits per heavy atom. The van der Waals surface area contributed by atoms with Crippen LogP contribution in [0.2, 0.25) is 0 Å². The van der Waals surface area contributed by atoms with Gasteiger partial charge in [0, 0.05) is 5.92 Å². The molecule has 1 saturated heterocycles. The average Bonchev–Trinajstić information content (AvgIpc) is 2.98. The summed E-state index contributed by atoms with van der Waals surface area (Å²) >= 11 is 0. The molecule has 1 N–H and O–H groups in total. The van der Waals surface area contributed by atoms with Gasteiger partial charge in [0.2, 0.25) is 0 Å². The summed E-state index contributed by atoms with van der Waals surface area (Å²) in [5, 5.41) is 2.98. The standard InChI is InChI=1S/C21H31NO5/c1-13-15(22-19(23)27-20(2,3)4)17(18-16(13)25-21(5,6)26-18)24-12-14-10-8-7-9-11-14/h7-11,13,15-18H,12H2,1-6H3,(H,22,23)/t13-,15+,16-,17-,18-/m1/s1. The molecule has 0 spiro atoms. The number of fused-ring (bicyclic) bond motifs is 1. The van der Waals surface area contributed by atoms with Gasteiger partial charge in [0.05, 0.1) is 18.8 Å². The van der Waals surface area contributed by atoms with Gasteiger partial charge in [0.15, 0.2) is 5.79 Å². The van der Waals surface area contributed by atoms with E-state index in [2.05, 4.69) is 12.2 Å². The first-order chi connectivity index (χ1) is 12.6. The monoisotopic (exact) mass is 377 g/mol. The van der Waals surface area contributed by atoms with Crippen molar-refractivity contribution in [2.24, 2.45) is 5.92 Å². The maximum absolute atomic E-state index is 12.4. The molecule has 0 aromatic heterocycles. The fourth-order valence-corrected chi connectivity index (χ4v) is 3.81. The summed E-state index contributed by atoms with van der Waals surface area (Å²) in [7, 11) is 0. The van der Waals surface area contributed by atoms with Crippen LogP contribution in [-0.2, 0) is 25.6 Å². The van der Waals surface area contributed by atoms with E-state index in [4.69, 9.17) is 18.9 Å². The normalized spacial score (nSPS) is 32.1. The van der Waals surface area contributed by atoms with Crippen LogP contribution in [0.25, 0.3) is 0 Å². The number of alkyl carbamates (subject to hydrolysis) is 1. The Morgan fingerprint density at radius 2 is 1.78 bits per heavy atom. The molecule has 1 amide bonds. The van der Waals surface area contributed by atoms with Gasteiger partial charge in [-0.3, -0.25) is 0 Å². The molecule has 1 aliphatic carbocycles. The first-order valence-corrected chi connectivity index (χ1v) is 9.56. The summed E-state index contributed by atoms with van der Waals surface area (Å²) in [5.41, 5.74) is 0.514. The zero-order chi connectivity index (χ0) is 19.8. The van der Waals surface area contributed by atoms with Gasteiger partial charge in [0.25, 0.3) is 0 Å². The van der Waals surface area contributed by atoms with Crippen LogP contribution in [0.1, 0.15) is 47.1 Å². The number of nitrogens with one attached hydrogen (secondary N) is 1. The summed E-state index contributed by atoms with van der Waals surface area (Å²) in [6, 6.07) is 9.71. The quantitative estimate of drug-likeness (QED) is 0.868. The van der Waals surface area contributed by atoms with Gasteiger partial charge in [-0.15, -0.1) is 0 Å². The van der Waals surface area contributed by atoms with E-state index < -0.39 is 17.5 Å². The second-order valence-electron chi connectivity index (χ2n) is 8.86. The smallest absolute Gasteiger partial charge is 0.407 e. The van der Waals surface area contributed by atoms with Crippen LogP contribution in [0, 0.1) is 5.92 Å². The summed E-state index contributed by atoms with van der Waals surface area (Å²) < 4.78 is 23.9. The summed E-state index contributed by atoms with van der Waals surface area (Å²) in [4.78, 5) is 12.4. The van der Waals surface area contributed by atoms with Gasteiger partial charge in [-0.2, -0.15) is 0 Å². The van der Waals surface area contributed by atoms with Crippen LogP contribution in [-0.4, -0.2) is 41.8 Å². The van der Waals surface area contributed by atoms with Crippen LogP contribution < -0.4 is 5.32 Å². The van der Waals surface area contributed by atoms with E-state index in [1.165, 1.54) is 0 Å². The Balaban J connectivity index is 1.74. The molecule has 3 rings (SSSR count). The number of carbonyl (C=O) groups excluding carboxylic acids is 1. The average molecular weight is 377 g/mol. The summed E-state index contributed by atoms with van der Waals surface area (Å²) in [6.07, 6.45) is -1.15. The zero-order valence-electron chi connectivity index (χ0n) is 17.0. The van der Waals surface area contributed by atoms with Crippen LogP contribution >= 0.6 is 0 Å². The van der Waals surface area contributed by atoms with Gasteiger partial charge >= 0.3 is 6.09 Å². The maximum Gasteiger partial charge on any atom is 0.407 e. The molecule has 2 fully saturated rings. The van der Waals surface area contributed by atoms with Gasteiger partial charge in [-0.05, 0) is 40.2 Å². The Kier molecular flexibility index (Phi) is 5.52. The molecule has 6 nitrogen and oxygen atoms in total. The van der Waals surface area contributed by atoms with Crippen molar-refractivity contribution in [3.05, 3.63) is 35.9 Å². The fourth-order valence-electron chi connectivity index (χ4n) is 3.81. The molecule has 0 radical (unpaired) electrons. The maximum atomic E-state index is 12.4. The van der Waals surface area contributed by atoms with Crippen molar-refractivity contribution >= 4 is 6.09 Å². The van der Waals surface area contributed by atoms with Crippen LogP contribution in [0.4, 0.5) is 4.79 Å². The molecular weight excluding hydrogens is 346 g/mol. The topological polar surface area (TPSA) is 66.0 Å². The highest BCUT2D eigenvalue weighted by Gasteiger charge is 2.58. The van der Waals surface area contributed by atoms with Crippen LogP contribution in [0.3, 0.4) is 0 Å². The number of ether oxygens (including phenoxy) is 4. The number of amides is 1.